The Kier molecular flexibility index (Phi) is 5.01. The third-order valence-electron chi connectivity index (χ3n) is 7.22. The zero-order chi connectivity index (χ0) is 21.6. The lowest BCUT2D eigenvalue weighted by Gasteiger charge is -2.56. The number of nitrogens with zero attached hydrogens (tertiary/aromatic N) is 1. The van der Waals surface area contributed by atoms with Gasteiger partial charge in [0, 0.05) is 18.7 Å². The first kappa shape index (κ1) is 20.5. The molecule has 0 radical (unpaired) electrons. The summed E-state index contributed by atoms with van der Waals surface area (Å²) in [6.07, 6.45) is 7.48. The smallest absolute Gasteiger partial charge is 0.269 e. The van der Waals surface area contributed by atoms with Gasteiger partial charge in [-0.15, -0.1) is 0 Å². The molecule has 4 fully saturated rings. The van der Waals surface area contributed by atoms with Crippen LogP contribution in [0.25, 0.3) is 0 Å². The van der Waals surface area contributed by atoms with Crippen LogP contribution in [0, 0.1) is 33.3 Å². The molecular weight excluding hydrogens is 416 g/mol. The van der Waals surface area contributed by atoms with Crippen molar-refractivity contribution in [3.8, 4) is 11.5 Å². The van der Waals surface area contributed by atoms with E-state index in [1.807, 2.05) is 0 Å². The zero-order valence-electron chi connectivity index (χ0n) is 17.2. The summed E-state index contributed by atoms with van der Waals surface area (Å²) < 4.78 is 34.3. The molecule has 0 saturated heterocycles. The molecule has 6 rings (SSSR count). The van der Waals surface area contributed by atoms with Crippen molar-refractivity contribution in [2.45, 2.75) is 43.4 Å². The van der Waals surface area contributed by atoms with Gasteiger partial charge in [0.1, 0.15) is 11.5 Å². The van der Waals surface area contributed by atoms with E-state index in [0.29, 0.717) is 18.0 Å². The topological polar surface area (TPSA) is 98.5 Å². The van der Waals surface area contributed by atoms with Crippen molar-refractivity contribution >= 4 is 15.7 Å². The molecule has 7 nitrogen and oxygen atoms in total. The monoisotopic (exact) mass is 442 g/mol. The van der Waals surface area contributed by atoms with Crippen LogP contribution in [0.3, 0.4) is 0 Å². The van der Waals surface area contributed by atoms with Gasteiger partial charge in [0.25, 0.3) is 5.69 Å². The molecule has 164 valence electrons. The molecule has 0 amide bonds. The maximum Gasteiger partial charge on any atom is 0.269 e. The van der Waals surface area contributed by atoms with Gasteiger partial charge in [-0.1, -0.05) is 0 Å². The highest BCUT2D eigenvalue weighted by Gasteiger charge is 2.50. The van der Waals surface area contributed by atoms with Crippen LogP contribution in [0.2, 0.25) is 0 Å². The molecule has 2 aromatic carbocycles. The minimum absolute atomic E-state index is 0.0149. The van der Waals surface area contributed by atoms with E-state index >= 15 is 0 Å². The number of hydrogen-bond acceptors (Lipinski definition) is 5. The summed E-state index contributed by atoms with van der Waals surface area (Å²) in [7, 11) is -3.59. The van der Waals surface area contributed by atoms with E-state index in [0.717, 1.165) is 37.0 Å². The summed E-state index contributed by atoms with van der Waals surface area (Å²) in [4.78, 5) is 10.5. The van der Waals surface area contributed by atoms with Gasteiger partial charge >= 0.3 is 0 Å². The van der Waals surface area contributed by atoms with Gasteiger partial charge in [-0.25, -0.2) is 13.1 Å². The third-order valence-corrected chi connectivity index (χ3v) is 8.64. The maximum atomic E-state index is 12.9. The van der Waals surface area contributed by atoms with Crippen LogP contribution in [0.1, 0.15) is 38.5 Å². The fraction of sp³-hybridized carbons (Fsp3) is 0.478. The molecule has 31 heavy (non-hydrogen) atoms. The Labute approximate surface area is 182 Å². The van der Waals surface area contributed by atoms with Gasteiger partial charge in [-0.2, -0.15) is 0 Å². The Bertz CT molecular complexity index is 1040. The average Bonchev–Trinajstić information content (AvgIpc) is 2.72. The van der Waals surface area contributed by atoms with Crippen LogP contribution in [0.4, 0.5) is 5.69 Å². The molecule has 4 bridgehead atoms. The van der Waals surface area contributed by atoms with Crippen molar-refractivity contribution in [2.75, 3.05) is 6.54 Å². The predicted molar refractivity (Wildman–Crippen MR) is 115 cm³/mol. The number of nitro groups is 1. The van der Waals surface area contributed by atoms with Crippen LogP contribution in [0.5, 0.6) is 11.5 Å². The molecule has 4 saturated carbocycles. The second kappa shape index (κ2) is 7.60. The number of hydrogen-bond donors (Lipinski definition) is 1. The number of non-ortho nitro benzene ring substituents is 1. The Balaban J connectivity index is 1.23. The second-order valence-corrected chi connectivity index (χ2v) is 11.3. The lowest BCUT2D eigenvalue weighted by molar-refractivity contribution is -0.384. The summed E-state index contributed by atoms with van der Waals surface area (Å²) >= 11 is 0. The fourth-order valence-corrected chi connectivity index (χ4v) is 7.45. The molecule has 8 heteroatoms. The van der Waals surface area contributed by atoms with Crippen molar-refractivity contribution in [2.24, 2.45) is 23.2 Å². The third kappa shape index (κ3) is 4.19. The molecule has 1 N–H and O–H groups in total. The Morgan fingerprint density at radius 1 is 0.903 bits per heavy atom. The summed E-state index contributed by atoms with van der Waals surface area (Å²) in [5.41, 5.74) is 0.125. The van der Waals surface area contributed by atoms with E-state index in [9.17, 15) is 18.5 Å². The van der Waals surface area contributed by atoms with Gasteiger partial charge in [-0.05, 0) is 98.1 Å². The van der Waals surface area contributed by atoms with Gasteiger partial charge in [0.2, 0.25) is 10.0 Å². The molecule has 0 aliphatic heterocycles. The van der Waals surface area contributed by atoms with E-state index < -0.39 is 14.9 Å². The highest BCUT2D eigenvalue weighted by atomic mass is 32.2. The second-order valence-electron chi connectivity index (χ2n) is 9.57. The fourth-order valence-electron chi connectivity index (χ4n) is 6.30. The average molecular weight is 443 g/mol. The summed E-state index contributed by atoms with van der Waals surface area (Å²) in [5.74, 6) is 3.26. The minimum Gasteiger partial charge on any atom is -0.457 e. The number of nitro benzene ring substituents is 1. The van der Waals surface area contributed by atoms with Gasteiger partial charge in [0.15, 0.2) is 0 Å². The summed E-state index contributed by atoms with van der Waals surface area (Å²) in [6.45, 7) is 0.528. The molecule has 2 aromatic rings. The number of ether oxygens (including phenoxy) is 1. The first-order valence-electron chi connectivity index (χ1n) is 10.8. The lowest BCUT2D eigenvalue weighted by Crippen LogP contribution is -2.51. The Morgan fingerprint density at radius 3 is 1.87 bits per heavy atom. The molecule has 0 aromatic heterocycles. The molecular formula is C23H26N2O5S. The highest BCUT2D eigenvalue weighted by Crippen LogP contribution is 2.59. The standard InChI is InChI=1S/C23H26N2O5S/c26-25(27)19-1-3-20(4-2-19)30-21-5-7-22(8-6-21)31(28,29)24-15-23-12-16-9-17(13-23)11-18(10-16)14-23/h1-8,16-18,24H,9-15H2. The van der Waals surface area contributed by atoms with E-state index in [1.54, 1.807) is 12.1 Å². The Hall–Kier alpha value is -2.45. The number of sulfonamides is 1. The quantitative estimate of drug-likeness (QED) is 0.487. The first-order chi connectivity index (χ1) is 14.8. The number of benzene rings is 2. The predicted octanol–water partition coefficient (Wildman–Crippen LogP) is 4.88. The van der Waals surface area contributed by atoms with E-state index in [4.69, 9.17) is 4.74 Å². The minimum atomic E-state index is -3.59. The van der Waals surface area contributed by atoms with Gasteiger partial charge in [0.05, 0.1) is 9.82 Å². The van der Waals surface area contributed by atoms with E-state index in [-0.39, 0.29) is 16.0 Å². The van der Waals surface area contributed by atoms with Gasteiger partial charge in [-0.3, -0.25) is 10.1 Å². The van der Waals surface area contributed by atoms with Crippen LogP contribution in [-0.4, -0.2) is 19.9 Å². The van der Waals surface area contributed by atoms with E-state index in [2.05, 4.69) is 4.72 Å². The number of rotatable bonds is 7. The van der Waals surface area contributed by atoms with Crippen molar-refractivity contribution in [1.82, 2.24) is 4.72 Å². The summed E-state index contributed by atoms with van der Waals surface area (Å²) in [6, 6.07) is 12.0. The van der Waals surface area contributed by atoms with Crippen molar-refractivity contribution in [1.29, 1.82) is 0 Å². The molecule has 0 spiro atoms. The number of nitrogens with one attached hydrogen (secondary N) is 1. The SMILES string of the molecule is O=[N+]([O-])c1ccc(Oc2ccc(S(=O)(=O)NCC34CC5CC(CC(C5)C3)C4)cc2)cc1. The van der Waals surface area contributed by atoms with E-state index in [1.165, 1.54) is 55.7 Å². The van der Waals surface area contributed by atoms with Crippen LogP contribution < -0.4 is 9.46 Å². The zero-order valence-corrected chi connectivity index (χ0v) is 18.0. The molecule has 4 aliphatic rings. The highest BCUT2D eigenvalue weighted by molar-refractivity contribution is 7.89. The molecule has 4 aliphatic carbocycles. The summed E-state index contributed by atoms with van der Waals surface area (Å²) in [5, 5.41) is 10.7. The van der Waals surface area contributed by atoms with Gasteiger partial charge < -0.3 is 4.74 Å². The van der Waals surface area contributed by atoms with Crippen molar-refractivity contribution < 1.29 is 18.1 Å². The Morgan fingerprint density at radius 2 is 1.39 bits per heavy atom. The molecule has 0 unspecified atom stereocenters. The maximum absolute atomic E-state index is 12.9. The van der Waals surface area contributed by atoms with Crippen molar-refractivity contribution in [3.05, 3.63) is 58.6 Å². The van der Waals surface area contributed by atoms with Crippen molar-refractivity contribution in [3.63, 3.8) is 0 Å². The molecule has 0 heterocycles. The largest absolute Gasteiger partial charge is 0.457 e. The lowest BCUT2D eigenvalue weighted by atomic mass is 9.50. The molecule has 0 atom stereocenters. The normalized spacial score (nSPS) is 29.1. The van der Waals surface area contributed by atoms with Crippen LogP contribution >= 0.6 is 0 Å². The first-order valence-corrected chi connectivity index (χ1v) is 12.3. The van der Waals surface area contributed by atoms with Crippen LogP contribution in [-0.2, 0) is 10.0 Å². The van der Waals surface area contributed by atoms with Crippen LogP contribution in [0.15, 0.2) is 53.4 Å².